The van der Waals surface area contributed by atoms with Gasteiger partial charge in [0, 0.05) is 44.5 Å². The second kappa shape index (κ2) is 10.2. The number of piperazine rings is 1. The molecule has 190 valence electrons. The van der Waals surface area contributed by atoms with Crippen LogP contribution in [0.1, 0.15) is 39.6 Å². The number of hydrogen-bond acceptors (Lipinski definition) is 6. The third-order valence-electron chi connectivity index (χ3n) is 7.33. The molecule has 1 amide bonds. The SMILES string of the molecule is Cc1cccc(N2CCN(CCCNC(=O)c3nc(C)n(-c4ccc5c(c4)OCO5)c3C)CC2)c1C. The molecule has 3 heterocycles. The van der Waals surface area contributed by atoms with Crippen molar-refractivity contribution in [3.8, 4) is 17.2 Å². The topological polar surface area (TPSA) is 71.9 Å². The van der Waals surface area contributed by atoms with Crippen molar-refractivity contribution in [3.63, 3.8) is 0 Å². The van der Waals surface area contributed by atoms with Gasteiger partial charge in [0.1, 0.15) is 11.5 Å². The third-order valence-corrected chi connectivity index (χ3v) is 7.33. The van der Waals surface area contributed by atoms with Crippen molar-refractivity contribution in [1.29, 1.82) is 0 Å². The summed E-state index contributed by atoms with van der Waals surface area (Å²) in [6, 6.07) is 12.3. The molecule has 1 saturated heterocycles. The Morgan fingerprint density at radius 2 is 1.78 bits per heavy atom. The molecule has 1 fully saturated rings. The lowest BCUT2D eigenvalue weighted by Gasteiger charge is -2.37. The highest BCUT2D eigenvalue weighted by Gasteiger charge is 2.22. The summed E-state index contributed by atoms with van der Waals surface area (Å²) in [5.41, 5.74) is 6.25. The number of benzene rings is 2. The van der Waals surface area contributed by atoms with Crippen molar-refractivity contribution < 1.29 is 14.3 Å². The minimum absolute atomic E-state index is 0.130. The fourth-order valence-corrected chi connectivity index (χ4v) is 5.14. The third kappa shape index (κ3) is 4.78. The minimum atomic E-state index is -0.130. The highest BCUT2D eigenvalue weighted by atomic mass is 16.7. The molecular formula is C28H35N5O3. The molecular weight excluding hydrogens is 454 g/mol. The Morgan fingerprint density at radius 3 is 2.58 bits per heavy atom. The van der Waals surface area contributed by atoms with E-state index >= 15 is 0 Å². The first-order valence-electron chi connectivity index (χ1n) is 12.7. The Labute approximate surface area is 212 Å². The zero-order chi connectivity index (χ0) is 25.2. The Bertz CT molecular complexity index is 1260. The lowest BCUT2D eigenvalue weighted by molar-refractivity contribution is 0.0946. The largest absolute Gasteiger partial charge is 0.454 e. The van der Waals surface area contributed by atoms with E-state index in [-0.39, 0.29) is 12.7 Å². The number of amides is 1. The lowest BCUT2D eigenvalue weighted by atomic mass is 10.1. The molecule has 1 aromatic heterocycles. The van der Waals surface area contributed by atoms with Gasteiger partial charge in [0.05, 0.1) is 11.4 Å². The lowest BCUT2D eigenvalue weighted by Crippen LogP contribution is -2.47. The standard InChI is InChI=1S/C28H35N5O3/c1-19-7-5-8-24(20(19)2)32-15-13-31(14-16-32)12-6-11-29-28(34)27-21(3)33(22(4)30-27)23-9-10-25-26(17-23)36-18-35-25/h5,7-10,17H,6,11-16,18H2,1-4H3,(H,29,34). The van der Waals surface area contributed by atoms with Gasteiger partial charge in [-0.2, -0.15) is 0 Å². The van der Waals surface area contributed by atoms with E-state index in [1.165, 1.54) is 16.8 Å². The van der Waals surface area contributed by atoms with Crippen LogP contribution in [0.3, 0.4) is 0 Å². The predicted octanol–water partition coefficient (Wildman–Crippen LogP) is 3.78. The van der Waals surface area contributed by atoms with Crippen LogP contribution in [0.15, 0.2) is 36.4 Å². The number of ether oxygens (including phenoxy) is 2. The first-order valence-corrected chi connectivity index (χ1v) is 12.7. The zero-order valence-electron chi connectivity index (χ0n) is 21.6. The van der Waals surface area contributed by atoms with Crippen molar-refractivity contribution in [3.05, 3.63) is 64.7 Å². The van der Waals surface area contributed by atoms with Crippen LogP contribution in [0.4, 0.5) is 5.69 Å². The Morgan fingerprint density at radius 1 is 1.00 bits per heavy atom. The summed E-state index contributed by atoms with van der Waals surface area (Å²) >= 11 is 0. The van der Waals surface area contributed by atoms with Gasteiger partial charge in [-0.3, -0.25) is 9.69 Å². The van der Waals surface area contributed by atoms with Gasteiger partial charge in [-0.1, -0.05) is 12.1 Å². The summed E-state index contributed by atoms with van der Waals surface area (Å²) in [7, 11) is 0. The van der Waals surface area contributed by atoms with Crippen molar-refractivity contribution >= 4 is 11.6 Å². The molecule has 0 saturated carbocycles. The van der Waals surface area contributed by atoms with Gasteiger partial charge in [0.25, 0.3) is 5.91 Å². The fourth-order valence-electron chi connectivity index (χ4n) is 5.14. The molecule has 36 heavy (non-hydrogen) atoms. The molecule has 1 N–H and O–H groups in total. The molecule has 0 aliphatic carbocycles. The second-order valence-electron chi connectivity index (χ2n) is 9.62. The Balaban J connectivity index is 1.11. The number of imidazole rings is 1. The fraction of sp³-hybridized carbons (Fsp3) is 0.429. The average Bonchev–Trinajstić information content (AvgIpc) is 3.47. The van der Waals surface area contributed by atoms with Gasteiger partial charge in [0.15, 0.2) is 11.5 Å². The van der Waals surface area contributed by atoms with Gasteiger partial charge in [0.2, 0.25) is 6.79 Å². The monoisotopic (exact) mass is 489 g/mol. The van der Waals surface area contributed by atoms with Crippen LogP contribution >= 0.6 is 0 Å². The first-order chi connectivity index (χ1) is 17.4. The minimum Gasteiger partial charge on any atom is -0.454 e. The Hall–Kier alpha value is -3.52. The highest BCUT2D eigenvalue weighted by molar-refractivity contribution is 5.93. The van der Waals surface area contributed by atoms with E-state index in [2.05, 4.69) is 52.1 Å². The molecule has 8 heteroatoms. The maximum absolute atomic E-state index is 12.9. The molecule has 2 aliphatic heterocycles. The molecule has 0 spiro atoms. The number of carbonyl (C=O) groups excluding carboxylic acids is 1. The van der Waals surface area contributed by atoms with E-state index in [9.17, 15) is 4.79 Å². The number of aryl methyl sites for hydroxylation is 2. The molecule has 0 unspecified atom stereocenters. The quantitative estimate of drug-likeness (QED) is 0.510. The second-order valence-corrected chi connectivity index (χ2v) is 9.62. The van der Waals surface area contributed by atoms with Crippen LogP contribution in [-0.2, 0) is 0 Å². The molecule has 3 aromatic rings. The van der Waals surface area contributed by atoms with E-state index in [4.69, 9.17) is 9.47 Å². The smallest absolute Gasteiger partial charge is 0.271 e. The van der Waals surface area contributed by atoms with Crippen LogP contribution in [0, 0.1) is 27.7 Å². The normalized spacial score (nSPS) is 15.4. The number of rotatable bonds is 7. The van der Waals surface area contributed by atoms with E-state index in [1.54, 1.807) is 0 Å². The summed E-state index contributed by atoms with van der Waals surface area (Å²) in [5.74, 6) is 2.08. The molecule has 0 atom stereocenters. The molecule has 0 radical (unpaired) electrons. The van der Waals surface area contributed by atoms with Crippen molar-refractivity contribution in [2.24, 2.45) is 0 Å². The summed E-state index contributed by atoms with van der Waals surface area (Å²) in [5, 5.41) is 3.06. The number of nitrogens with one attached hydrogen (secondary N) is 1. The predicted molar refractivity (Wildman–Crippen MR) is 141 cm³/mol. The first kappa shape index (κ1) is 24.2. The van der Waals surface area contributed by atoms with E-state index in [0.717, 1.165) is 62.1 Å². The van der Waals surface area contributed by atoms with Gasteiger partial charge in [-0.25, -0.2) is 4.98 Å². The van der Waals surface area contributed by atoms with E-state index in [0.29, 0.717) is 18.0 Å². The van der Waals surface area contributed by atoms with Crippen LogP contribution in [0.5, 0.6) is 11.5 Å². The molecule has 5 rings (SSSR count). The van der Waals surface area contributed by atoms with Crippen LogP contribution in [0.25, 0.3) is 5.69 Å². The maximum atomic E-state index is 12.9. The summed E-state index contributed by atoms with van der Waals surface area (Å²) in [6.07, 6.45) is 0.913. The van der Waals surface area contributed by atoms with Crippen molar-refractivity contribution in [2.45, 2.75) is 34.1 Å². The summed E-state index contributed by atoms with van der Waals surface area (Å²) in [6.45, 7) is 14.2. The van der Waals surface area contributed by atoms with Crippen LogP contribution in [0.2, 0.25) is 0 Å². The number of hydrogen-bond donors (Lipinski definition) is 1. The van der Waals surface area contributed by atoms with Gasteiger partial charge < -0.3 is 24.3 Å². The summed E-state index contributed by atoms with van der Waals surface area (Å²) < 4.78 is 12.9. The maximum Gasteiger partial charge on any atom is 0.271 e. The average molecular weight is 490 g/mol. The number of anilines is 1. The van der Waals surface area contributed by atoms with E-state index < -0.39 is 0 Å². The molecule has 8 nitrogen and oxygen atoms in total. The molecule has 2 aromatic carbocycles. The van der Waals surface area contributed by atoms with Crippen molar-refractivity contribution in [1.82, 2.24) is 19.8 Å². The zero-order valence-corrected chi connectivity index (χ0v) is 21.6. The molecule has 2 aliphatic rings. The number of carbonyl (C=O) groups is 1. The summed E-state index contributed by atoms with van der Waals surface area (Å²) in [4.78, 5) is 22.4. The Kier molecular flexibility index (Phi) is 6.87. The van der Waals surface area contributed by atoms with E-state index in [1.807, 2.05) is 36.6 Å². The van der Waals surface area contributed by atoms with Gasteiger partial charge in [-0.15, -0.1) is 0 Å². The number of nitrogens with zero attached hydrogens (tertiary/aromatic N) is 4. The number of fused-ring (bicyclic) bond motifs is 1. The number of aromatic nitrogens is 2. The molecule has 0 bridgehead atoms. The van der Waals surface area contributed by atoms with Crippen LogP contribution in [-0.4, -0.2) is 66.4 Å². The van der Waals surface area contributed by atoms with Crippen molar-refractivity contribution in [2.75, 3.05) is 51.0 Å². The van der Waals surface area contributed by atoms with Gasteiger partial charge >= 0.3 is 0 Å². The van der Waals surface area contributed by atoms with Gasteiger partial charge in [-0.05, 0) is 70.0 Å². The van der Waals surface area contributed by atoms with Crippen LogP contribution < -0.4 is 19.7 Å². The highest BCUT2D eigenvalue weighted by Crippen LogP contribution is 2.34.